The molecule has 0 spiro atoms. The lowest BCUT2D eigenvalue weighted by molar-refractivity contribution is 0.101. The van der Waals surface area contributed by atoms with Crippen LogP contribution in [0.4, 0.5) is 5.69 Å². The minimum Gasteiger partial charge on any atom is -0.378 e. The standard InChI is InChI=1S/C23H28N4O3S/c1-3-27-22-12-11-20(31(29,30)26-13-5-4-6-14-26)15-21(22)25-23(27)16-24-19-9-7-18(8-10-19)17(2)28/h7-12,15,24H,3-6,13-14,16H2,1-2H3. The Labute approximate surface area is 183 Å². The van der Waals surface area contributed by atoms with E-state index in [1.54, 1.807) is 35.5 Å². The average molecular weight is 441 g/mol. The average Bonchev–Trinajstić information content (AvgIpc) is 3.15. The molecule has 0 unspecified atom stereocenters. The number of benzene rings is 2. The number of Topliss-reactive ketones (excluding diaryl/α,β-unsaturated/α-hetero) is 1. The number of hydrogen-bond acceptors (Lipinski definition) is 5. The van der Waals surface area contributed by atoms with Gasteiger partial charge in [0.05, 0.1) is 22.5 Å². The van der Waals surface area contributed by atoms with Crippen molar-refractivity contribution in [3.05, 3.63) is 53.9 Å². The molecule has 2 aromatic carbocycles. The van der Waals surface area contributed by atoms with E-state index in [-0.39, 0.29) is 5.78 Å². The quantitative estimate of drug-likeness (QED) is 0.561. The van der Waals surface area contributed by atoms with E-state index in [2.05, 4.69) is 9.88 Å². The van der Waals surface area contributed by atoms with Crippen molar-refractivity contribution in [2.24, 2.45) is 0 Å². The molecule has 2 heterocycles. The number of ketones is 1. The highest BCUT2D eigenvalue weighted by Crippen LogP contribution is 2.25. The third-order valence-electron chi connectivity index (χ3n) is 5.81. The number of rotatable bonds is 7. The van der Waals surface area contributed by atoms with Gasteiger partial charge in [-0.15, -0.1) is 0 Å². The monoisotopic (exact) mass is 440 g/mol. The van der Waals surface area contributed by atoms with Gasteiger partial charge in [-0.1, -0.05) is 6.42 Å². The van der Waals surface area contributed by atoms with Crippen molar-refractivity contribution < 1.29 is 13.2 Å². The number of carbonyl (C=O) groups excluding carboxylic acids is 1. The Morgan fingerprint density at radius 1 is 1.06 bits per heavy atom. The molecule has 0 radical (unpaired) electrons. The summed E-state index contributed by atoms with van der Waals surface area (Å²) in [4.78, 5) is 16.5. The van der Waals surface area contributed by atoms with E-state index < -0.39 is 10.0 Å². The highest BCUT2D eigenvalue weighted by Gasteiger charge is 2.26. The first-order valence-electron chi connectivity index (χ1n) is 10.7. The van der Waals surface area contributed by atoms with Gasteiger partial charge in [0, 0.05) is 30.9 Å². The number of nitrogens with one attached hydrogen (secondary N) is 1. The zero-order valence-corrected chi connectivity index (χ0v) is 18.8. The van der Waals surface area contributed by atoms with Crippen LogP contribution in [0.25, 0.3) is 11.0 Å². The normalized spacial score (nSPS) is 15.3. The summed E-state index contributed by atoms with van der Waals surface area (Å²) in [6.07, 6.45) is 2.91. The lowest BCUT2D eigenvalue weighted by Gasteiger charge is -2.25. The Morgan fingerprint density at radius 3 is 2.42 bits per heavy atom. The molecule has 1 aliphatic heterocycles. The lowest BCUT2D eigenvalue weighted by Crippen LogP contribution is -2.35. The molecular formula is C23H28N4O3S. The van der Waals surface area contributed by atoms with Crippen LogP contribution in [0.5, 0.6) is 0 Å². The van der Waals surface area contributed by atoms with Gasteiger partial charge >= 0.3 is 0 Å². The number of imidazole rings is 1. The van der Waals surface area contributed by atoms with Gasteiger partial charge < -0.3 is 9.88 Å². The second-order valence-electron chi connectivity index (χ2n) is 7.87. The van der Waals surface area contributed by atoms with E-state index in [0.29, 0.717) is 35.6 Å². The molecule has 3 aromatic rings. The van der Waals surface area contributed by atoms with Crippen LogP contribution >= 0.6 is 0 Å². The zero-order chi connectivity index (χ0) is 22.0. The van der Waals surface area contributed by atoms with E-state index in [1.165, 1.54) is 0 Å². The van der Waals surface area contributed by atoms with Crippen LogP contribution in [0.15, 0.2) is 47.4 Å². The van der Waals surface area contributed by atoms with Gasteiger partial charge in [-0.25, -0.2) is 13.4 Å². The molecule has 1 aliphatic rings. The first kappa shape index (κ1) is 21.5. The molecule has 1 saturated heterocycles. The number of piperidine rings is 1. The van der Waals surface area contributed by atoms with Gasteiger partial charge in [0.2, 0.25) is 10.0 Å². The van der Waals surface area contributed by atoms with Gasteiger partial charge in [-0.2, -0.15) is 4.31 Å². The molecule has 4 rings (SSSR count). The first-order chi connectivity index (χ1) is 14.9. The number of aryl methyl sites for hydroxylation is 1. The molecule has 31 heavy (non-hydrogen) atoms. The van der Waals surface area contributed by atoms with Crippen molar-refractivity contribution in [1.82, 2.24) is 13.9 Å². The maximum absolute atomic E-state index is 13.0. The number of nitrogens with zero attached hydrogens (tertiary/aromatic N) is 3. The summed E-state index contributed by atoms with van der Waals surface area (Å²) in [6, 6.07) is 12.6. The van der Waals surface area contributed by atoms with E-state index >= 15 is 0 Å². The second-order valence-corrected chi connectivity index (χ2v) is 9.81. The van der Waals surface area contributed by atoms with Crippen molar-refractivity contribution in [2.75, 3.05) is 18.4 Å². The zero-order valence-electron chi connectivity index (χ0n) is 18.0. The number of fused-ring (bicyclic) bond motifs is 1. The topological polar surface area (TPSA) is 84.3 Å². The maximum Gasteiger partial charge on any atom is 0.243 e. The SMILES string of the molecule is CCn1c(CNc2ccc(C(C)=O)cc2)nc2cc(S(=O)(=O)N3CCCCC3)ccc21. The Kier molecular flexibility index (Phi) is 6.11. The smallest absolute Gasteiger partial charge is 0.243 e. The van der Waals surface area contributed by atoms with Gasteiger partial charge in [0.15, 0.2) is 5.78 Å². The van der Waals surface area contributed by atoms with Gasteiger partial charge in [-0.3, -0.25) is 4.79 Å². The number of carbonyl (C=O) groups is 1. The minimum absolute atomic E-state index is 0.0367. The molecular weight excluding hydrogens is 412 g/mol. The molecule has 1 N–H and O–H groups in total. The number of sulfonamides is 1. The largest absolute Gasteiger partial charge is 0.378 e. The van der Waals surface area contributed by atoms with Crippen molar-refractivity contribution in [1.29, 1.82) is 0 Å². The van der Waals surface area contributed by atoms with E-state index in [1.807, 2.05) is 25.1 Å². The van der Waals surface area contributed by atoms with Crippen LogP contribution in [0.2, 0.25) is 0 Å². The predicted octanol–water partition coefficient (Wildman–Crippen LogP) is 4.05. The Bertz CT molecular complexity index is 1190. The summed E-state index contributed by atoms with van der Waals surface area (Å²) in [5.41, 5.74) is 3.18. The molecule has 164 valence electrons. The molecule has 0 atom stereocenters. The van der Waals surface area contributed by atoms with Crippen LogP contribution in [0.3, 0.4) is 0 Å². The fourth-order valence-electron chi connectivity index (χ4n) is 4.07. The molecule has 0 bridgehead atoms. The van der Waals surface area contributed by atoms with Crippen molar-refractivity contribution in [2.45, 2.75) is 51.1 Å². The molecule has 8 heteroatoms. The molecule has 7 nitrogen and oxygen atoms in total. The molecule has 0 saturated carbocycles. The van der Waals surface area contributed by atoms with Crippen LogP contribution in [-0.4, -0.2) is 41.1 Å². The summed E-state index contributed by atoms with van der Waals surface area (Å²) >= 11 is 0. The third-order valence-corrected chi connectivity index (χ3v) is 7.70. The van der Waals surface area contributed by atoms with E-state index in [0.717, 1.165) is 42.8 Å². The van der Waals surface area contributed by atoms with Crippen LogP contribution < -0.4 is 5.32 Å². The summed E-state index contributed by atoms with van der Waals surface area (Å²) in [6.45, 7) is 5.99. The summed E-state index contributed by atoms with van der Waals surface area (Å²) in [7, 11) is -3.49. The van der Waals surface area contributed by atoms with Crippen molar-refractivity contribution >= 4 is 32.5 Å². The minimum atomic E-state index is -3.49. The molecule has 0 amide bonds. The van der Waals surface area contributed by atoms with Crippen LogP contribution in [0.1, 0.15) is 49.3 Å². The Hall–Kier alpha value is -2.71. The fraction of sp³-hybridized carbons (Fsp3) is 0.391. The number of aromatic nitrogens is 2. The lowest BCUT2D eigenvalue weighted by atomic mass is 10.1. The van der Waals surface area contributed by atoms with Gasteiger partial charge in [0.25, 0.3) is 0 Å². The fourth-order valence-corrected chi connectivity index (χ4v) is 5.60. The van der Waals surface area contributed by atoms with Crippen molar-refractivity contribution in [3.63, 3.8) is 0 Å². The molecule has 0 aliphatic carbocycles. The number of anilines is 1. The summed E-state index contributed by atoms with van der Waals surface area (Å²) in [5, 5.41) is 3.34. The summed E-state index contributed by atoms with van der Waals surface area (Å²) in [5.74, 6) is 0.871. The highest BCUT2D eigenvalue weighted by molar-refractivity contribution is 7.89. The third kappa shape index (κ3) is 4.36. The maximum atomic E-state index is 13.0. The van der Waals surface area contributed by atoms with Crippen LogP contribution in [-0.2, 0) is 23.1 Å². The molecule has 1 aromatic heterocycles. The second kappa shape index (κ2) is 8.80. The predicted molar refractivity (Wildman–Crippen MR) is 122 cm³/mol. The highest BCUT2D eigenvalue weighted by atomic mass is 32.2. The Morgan fingerprint density at radius 2 is 1.77 bits per heavy atom. The van der Waals surface area contributed by atoms with Gasteiger partial charge in [0.1, 0.15) is 5.82 Å². The van der Waals surface area contributed by atoms with E-state index in [4.69, 9.17) is 4.98 Å². The van der Waals surface area contributed by atoms with Crippen LogP contribution in [0, 0.1) is 0 Å². The summed E-state index contributed by atoms with van der Waals surface area (Å²) < 4.78 is 29.7. The van der Waals surface area contributed by atoms with Gasteiger partial charge in [-0.05, 0) is 69.2 Å². The number of hydrogen-bond donors (Lipinski definition) is 1. The molecule has 1 fully saturated rings. The van der Waals surface area contributed by atoms with E-state index in [9.17, 15) is 13.2 Å². The Balaban J connectivity index is 1.59. The first-order valence-corrected chi connectivity index (χ1v) is 12.2. The van der Waals surface area contributed by atoms with Crippen molar-refractivity contribution in [3.8, 4) is 0 Å².